The molecule has 16 heavy (non-hydrogen) atoms. The Balaban J connectivity index is 2.81. The smallest absolute Gasteiger partial charge is 0.0558 e. The normalized spacial score (nSPS) is 15.3. The molecule has 1 aromatic rings. The first kappa shape index (κ1) is 13.6. The van der Waals surface area contributed by atoms with Gasteiger partial charge in [-0.3, -0.25) is 4.90 Å². The molecule has 0 fully saturated rings. The van der Waals surface area contributed by atoms with Crippen LogP contribution in [0.3, 0.4) is 0 Å². The van der Waals surface area contributed by atoms with Crippen LogP contribution in [0.1, 0.15) is 18.5 Å². The number of rotatable bonds is 7. The van der Waals surface area contributed by atoms with E-state index in [2.05, 4.69) is 5.38 Å². The van der Waals surface area contributed by atoms with Crippen LogP contribution in [0.2, 0.25) is 0 Å². The highest BCUT2D eigenvalue weighted by atomic mass is 32.1. The molecule has 0 spiro atoms. The van der Waals surface area contributed by atoms with Crippen molar-refractivity contribution >= 4 is 11.3 Å². The van der Waals surface area contributed by atoms with E-state index >= 15 is 0 Å². The molecule has 0 aliphatic heterocycles. The van der Waals surface area contributed by atoms with E-state index in [9.17, 15) is 0 Å². The van der Waals surface area contributed by atoms with E-state index in [4.69, 9.17) is 15.9 Å². The number of thiophene rings is 1. The highest BCUT2D eigenvalue weighted by Crippen LogP contribution is 2.25. The van der Waals surface area contributed by atoms with E-state index in [0.29, 0.717) is 13.1 Å². The number of aliphatic hydroxyl groups excluding tert-OH is 2. The van der Waals surface area contributed by atoms with E-state index in [1.807, 2.05) is 23.3 Å². The minimum absolute atomic E-state index is 0.0345. The maximum absolute atomic E-state index is 9.03. The second kappa shape index (κ2) is 6.98. The largest absolute Gasteiger partial charge is 0.395 e. The monoisotopic (exact) mass is 244 g/mol. The SMILES string of the molecule is CC(N)C(c1ccsc1)N(CCO)CCO. The van der Waals surface area contributed by atoms with Crippen molar-refractivity contribution in [2.75, 3.05) is 26.3 Å². The Hall–Kier alpha value is -0.460. The molecule has 0 radical (unpaired) electrons. The average Bonchev–Trinajstić information content (AvgIpc) is 2.71. The Morgan fingerprint density at radius 1 is 1.38 bits per heavy atom. The minimum Gasteiger partial charge on any atom is -0.395 e. The third-order valence-electron chi connectivity index (χ3n) is 2.55. The Bertz CT molecular complexity index is 272. The predicted octanol–water partition coefficient (Wildman–Crippen LogP) is 0.423. The summed E-state index contributed by atoms with van der Waals surface area (Å²) in [5, 5.41) is 22.1. The van der Waals surface area contributed by atoms with E-state index in [1.165, 1.54) is 0 Å². The number of hydrogen-bond donors (Lipinski definition) is 3. The van der Waals surface area contributed by atoms with E-state index < -0.39 is 0 Å². The summed E-state index contributed by atoms with van der Waals surface area (Å²) in [5.74, 6) is 0. The van der Waals surface area contributed by atoms with Crippen LogP contribution in [0.5, 0.6) is 0 Å². The van der Waals surface area contributed by atoms with Crippen molar-refractivity contribution < 1.29 is 10.2 Å². The Morgan fingerprint density at radius 2 is 2.00 bits per heavy atom. The zero-order valence-corrected chi connectivity index (χ0v) is 10.4. The van der Waals surface area contributed by atoms with Crippen LogP contribution < -0.4 is 5.73 Å². The van der Waals surface area contributed by atoms with E-state index in [1.54, 1.807) is 11.3 Å². The molecule has 0 aliphatic rings. The summed E-state index contributed by atoms with van der Waals surface area (Å²) in [6, 6.07) is 2.07. The third kappa shape index (κ3) is 3.54. The van der Waals surface area contributed by atoms with Gasteiger partial charge in [0.1, 0.15) is 0 Å². The van der Waals surface area contributed by atoms with Gasteiger partial charge in [-0.15, -0.1) is 0 Å². The van der Waals surface area contributed by atoms with Gasteiger partial charge in [-0.1, -0.05) is 0 Å². The third-order valence-corrected chi connectivity index (χ3v) is 3.25. The van der Waals surface area contributed by atoms with Crippen molar-refractivity contribution in [1.82, 2.24) is 4.90 Å². The Morgan fingerprint density at radius 3 is 2.38 bits per heavy atom. The first-order valence-corrected chi connectivity index (χ1v) is 6.38. The molecule has 5 heteroatoms. The molecule has 0 amide bonds. The molecule has 4 nitrogen and oxygen atoms in total. The second-order valence-electron chi connectivity index (χ2n) is 3.84. The van der Waals surface area contributed by atoms with Crippen molar-refractivity contribution in [3.8, 4) is 0 Å². The van der Waals surface area contributed by atoms with Gasteiger partial charge in [0.05, 0.1) is 19.3 Å². The molecule has 0 aliphatic carbocycles. The van der Waals surface area contributed by atoms with Crippen LogP contribution in [0, 0.1) is 0 Å². The van der Waals surface area contributed by atoms with E-state index in [0.717, 1.165) is 5.56 Å². The lowest BCUT2D eigenvalue weighted by Gasteiger charge is -2.33. The van der Waals surface area contributed by atoms with Crippen molar-refractivity contribution in [3.63, 3.8) is 0 Å². The molecular weight excluding hydrogens is 224 g/mol. The molecule has 1 aromatic heterocycles. The first-order chi connectivity index (χ1) is 7.70. The predicted molar refractivity (Wildman–Crippen MR) is 66.5 cm³/mol. The molecule has 1 heterocycles. The molecule has 2 unspecified atom stereocenters. The van der Waals surface area contributed by atoms with Crippen LogP contribution >= 0.6 is 11.3 Å². The quantitative estimate of drug-likeness (QED) is 0.650. The topological polar surface area (TPSA) is 69.7 Å². The standard InChI is InChI=1S/C11H20N2O2S/c1-9(12)11(10-2-7-16-8-10)13(3-5-14)4-6-15/h2,7-9,11,14-15H,3-6,12H2,1H3. The fourth-order valence-corrected chi connectivity index (χ4v) is 2.63. The molecule has 0 bridgehead atoms. The van der Waals surface area contributed by atoms with Crippen LogP contribution in [0.4, 0.5) is 0 Å². The summed E-state index contributed by atoms with van der Waals surface area (Å²) >= 11 is 1.63. The van der Waals surface area contributed by atoms with Gasteiger partial charge in [-0.25, -0.2) is 0 Å². The minimum atomic E-state index is -0.0345. The number of aliphatic hydroxyl groups is 2. The van der Waals surface area contributed by atoms with Gasteiger partial charge in [0, 0.05) is 19.1 Å². The Kier molecular flexibility index (Phi) is 5.94. The maximum atomic E-state index is 9.03. The lowest BCUT2D eigenvalue weighted by atomic mass is 10.0. The summed E-state index contributed by atoms with van der Waals surface area (Å²) in [7, 11) is 0. The van der Waals surface area contributed by atoms with Gasteiger partial charge in [0.15, 0.2) is 0 Å². The summed E-state index contributed by atoms with van der Waals surface area (Å²) in [6.45, 7) is 3.16. The van der Waals surface area contributed by atoms with Crippen LogP contribution in [0.15, 0.2) is 16.8 Å². The molecular formula is C11H20N2O2S. The van der Waals surface area contributed by atoms with Crippen LogP contribution in [-0.2, 0) is 0 Å². The van der Waals surface area contributed by atoms with Gasteiger partial charge in [-0.05, 0) is 29.3 Å². The molecule has 0 saturated heterocycles. The lowest BCUT2D eigenvalue weighted by molar-refractivity contribution is 0.111. The summed E-state index contributed by atoms with van der Waals surface area (Å²) in [5.41, 5.74) is 7.14. The van der Waals surface area contributed by atoms with Crippen LogP contribution in [-0.4, -0.2) is 47.5 Å². The van der Waals surface area contributed by atoms with Gasteiger partial charge in [-0.2, -0.15) is 11.3 Å². The van der Waals surface area contributed by atoms with Gasteiger partial charge < -0.3 is 15.9 Å². The highest BCUT2D eigenvalue weighted by Gasteiger charge is 2.23. The average molecular weight is 244 g/mol. The summed E-state index contributed by atoms with van der Waals surface area (Å²) in [6.07, 6.45) is 0. The molecule has 92 valence electrons. The second-order valence-corrected chi connectivity index (χ2v) is 4.62. The van der Waals surface area contributed by atoms with Gasteiger partial charge >= 0.3 is 0 Å². The molecule has 4 N–H and O–H groups in total. The molecule has 2 atom stereocenters. The number of nitrogens with two attached hydrogens (primary N) is 1. The number of nitrogens with zero attached hydrogens (tertiary/aromatic N) is 1. The van der Waals surface area contributed by atoms with Gasteiger partial charge in [0.25, 0.3) is 0 Å². The fraction of sp³-hybridized carbons (Fsp3) is 0.636. The molecule has 0 saturated carbocycles. The van der Waals surface area contributed by atoms with Crippen molar-refractivity contribution in [3.05, 3.63) is 22.4 Å². The zero-order valence-electron chi connectivity index (χ0n) is 9.54. The van der Waals surface area contributed by atoms with Crippen molar-refractivity contribution in [2.45, 2.75) is 19.0 Å². The van der Waals surface area contributed by atoms with E-state index in [-0.39, 0.29) is 25.3 Å². The summed E-state index contributed by atoms with van der Waals surface area (Å²) in [4.78, 5) is 2.02. The van der Waals surface area contributed by atoms with Crippen molar-refractivity contribution in [1.29, 1.82) is 0 Å². The Labute approximate surface area is 100 Å². The summed E-state index contributed by atoms with van der Waals surface area (Å²) < 4.78 is 0. The van der Waals surface area contributed by atoms with Gasteiger partial charge in [0.2, 0.25) is 0 Å². The highest BCUT2D eigenvalue weighted by molar-refractivity contribution is 7.07. The lowest BCUT2D eigenvalue weighted by Crippen LogP contribution is -2.42. The zero-order chi connectivity index (χ0) is 12.0. The number of hydrogen-bond acceptors (Lipinski definition) is 5. The molecule has 0 aromatic carbocycles. The van der Waals surface area contributed by atoms with Crippen molar-refractivity contribution in [2.24, 2.45) is 5.73 Å². The maximum Gasteiger partial charge on any atom is 0.0558 e. The fourth-order valence-electron chi connectivity index (χ4n) is 1.94. The van der Waals surface area contributed by atoms with Crippen LogP contribution in [0.25, 0.3) is 0 Å². The first-order valence-electron chi connectivity index (χ1n) is 5.44. The molecule has 1 rings (SSSR count).